The SMILES string of the molecule is NS(=O)(=O)Cc1ccc(NCc2ccc(I)o2)cc1. The van der Waals surface area contributed by atoms with Crippen molar-refractivity contribution in [2.45, 2.75) is 12.3 Å². The first-order valence-electron chi connectivity index (χ1n) is 5.50. The van der Waals surface area contributed by atoms with Crippen LogP contribution in [0.4, 0.5) is 5.69 Å². The second-order valence-electron chi connectivity index (χ2n) is 4.06. The van der Waals surface area contributed by atoms with Gasteiger partial charge in [0, 0.05) is 5.69 Å². The van der Waals surface area contributed by atoms with Crippen LogP contribution in [0.25, 0.3) is 0 Å². The predicted octanol–water partition coefficient (Wildman–Crippen LogP) is 2.28. The first kappa shape index (κ1) is 14.4. The molecule has 1 aromatic heterocycles. The molecule has 0 aliphatic heterocycles. The molecule has 1 heterocycles. The Bertz CT molecular complexity index is 650. The Kier molecular flexibility index (Phi) is 4.48. The summed E-state index contributed by atoms with van der Waals surface area (Å²) in [5.74, 6) is 0.696. The molecule has 0 aliphatic rings. The molecule has 0 amide bonds. The minimum atomic E-state index is -3.48. The molecule has 0 bridgehead atoms. The molecule has 2 rings (SSSR count). The molecule has 5 nitrogen and oxygen atoms in total. The number of halogens is 1. The fraction of sp³-hybridized carbons (Fsp3) is 0.167. The zero-order valence-corrected chi connectivity index (χ0v) is 12.9. The summed E-state index contributed by atoms with van der Waals surface area (Å²) < 4.78 is 28.2. The third-order valence-corrected chi connectivity index (χ3v) is 3.73. The number of nitrogens with two attached hydrogens (primary N) is 1. The van der Waals surface area contributed by atoms with E-state index in [1.54, 1.807) is 12.1 Å². The van der Waals surface area contributed by atoms with Crippen LogP contribution in [0.1, 0.15) is 11.3 Å². The summed E-state index contributed by atoms with van der Waals surface area (Å²) in [7, 11) is -3.48. The van der Waals surface area contributed by atoms with Crippen molar-refractivity contribution >= 4 is 38.3 Å². The number of anilines is 1. The molecule has 0 saturated heterocycles. The van der Waals surface area contributed by atoms with E-state index in [0.717, 1.165) is 15.2 Å². The predicted molar refractivity (Wildman–Crippen MR) is 82.0 cm³/mol. The van der Waals surface area contributed by atoms with Crippen molar-refractivity contribution in [3.05, 3.63) is 51.5 Å². The van der Waals surface area contributed by atoms with Gasteiger partial charge in [-0.2, -0.15) is 0 Å². The summed E-state index contributed by atoms with van der Waals surface area (Å²) in [5, 5.41) is 8.17. The highest BCUT2D eigenvalue weighted by Gasteiger charge is 2.05. The number of benzene rings is 1. The number of sulfonamides is 1. The monoisotopic (exact) mass is 392 g/mol. The Hall–Kier alpha value is -1.06. The molecular formula is C12H13IN2O3S. The maximum Gasteiger partial charge on any atom is 0.213 e. The lowest BCUT2D eigenvalue weighted by Gasteiger charge is -2.05. The maximum absolute atomic E-state index is 10.9. The Morgan fingerprint density at radius 3 is 2.37 bits per heavy atom. The Labute approximate surface area is 125 Å². The number of hydrogen-bond donors (Lipinski definition) is 2. The van der Waals surface area contributed by atoms with Crippen LogP contribution in [-0.4, -0.2) is 8.42 Å². The van der Waals surface area contributed by atoms with Gasteiger partial charge in [0.25, 0.3) is 0 Å². The van der Waals surface area contributed by atoms with E-state index < -0.39 is 10.0 Å². The van der Waals surface area contributed by atoms with Crippen molar-refractivity contribution in [1.29, 1.82) is 0 Å². The second kappa shape index (κ2) is 5.93. The molecular weight excluding hydrogens is 379 g/mol. The van der Waals surface area contributed by atoms with Crippen LogP contribution in [0, 0.1) is 3.77 Å². The molecule has 1 aromatic carbocycles. The molecule has 0 fully saturated rings. The lowest BCUT2D eigenvalue weighted by Crippen LogP contribution is -2.14. The van der Waals surface area contributed by atoms with E-state index in [1.165, 1.54) is 0 Å². The maximum atomic E-state index is 10.9. The zero-order valence-electron chi connectivity index (χ0n) is 9.97. The normalized spacial score (nSPS) is 11.5. The number of furan rings is 1. The summed E-state index contributed by atoms with van der Waals surface area (Å²) in [6.45, 7) is 0.581. The van der Waals surface area contributed by atoms with Gasteiger partial charge in [0.2, 0.25) is 10.0 Å². The van der Waals surface area contributed by atoms with Crippen LogP contribution >= 0.6 is 22.6 Å². The van der Waals surface area contributed by atoms with Crippen molar-refractivity contribution in [2.75, 3.05) is 5.32 Å². The van der Waals surface area contributed by atoms with Crippen LogP contribution in [0.5, 0.6) is 0 Å². The van der Waals surface area contributed by atoms with Gasteiger partial charge in [-0.25, -0.2) is 13.6 Å². The molecule has 0 unspecified atom stereocenters. The number of rotatable bonds is 5. The number of primary sulfonamides is 1. The van der Waals surface area contributed by atoms with E-state index in [-0.39, 0.29) is 5.75 Å². The van der Waals surface area contributed by atoms with E-state index in [4.69, 9.17) is 9.56 Å². The van der Waals surface area contributed by atoms with Crippen LogP contribution in [0.3, 0.4) is 0 Å². The first-order valence-corrected chi connectivity index (χ1v) is 8.29. The molecule has 102 valence electrons. The smallest absolute Gasteiger partial charge is 0.213 e. The van der Waals surface area contributed by atoms with Gasteiger partial charge in [0.15, 0.2) is 3.77 Å². The van der Waals surface area contributed by atoms with Crippen LogP contribution in [0.2, 0.25) is 0 Å². The topological polar surface area (TPSA) is 85.3 Å². The summed E-state index contributed by atoms with van der Waals surface area (Å²) in [6, 6.07) is 10.9. The van der Waals surface area contributed by atoms with Gasteiger partial charge < -0.3 is 9.73 Å². The zero-order chi connectivity index (χ0) is 13.9. The van der Waals surface area contributed by atoms with Gasteiger partial charge in [0.05, 0.1) is 12.3 Å². The molecule has 0 radical (unpaired) electrons. The number of hydrogen-bond acceptors (Lipinski definition) is 4. The van der Waals surface area contributed by atoms with Crippen molar-refractivity contribution in [3.63, 3.8) is 0 Å². The molecule has 2 aromatic rings. The van der Waals surface area contributed by atoms with Gasteiger partial charge in [-0.05, 0) is 52.4 Å². The Morgan fingerprint density at radius 1 is 1.16 bits per heavy atom. The fourth-order valence-corrected chi connectivity index (χ4v) is 2.71. The van der Waals surface area contributed by atoms with Crippen molar-refractivity contribution in [3.8, 4) is 0 Å². The molecule has 0 atom stereocenters. The van der Waals surface area contributed by atoms with Gasteiger partial charge in [-0.1, -0.05) is 12.1 Å². The lowest BCUT2D eigenvalue weighted by molar-refractivity contribution is 0.493. The fourth-order valence-electron chi connectivity index (χ4n) is 1.59. The van der Waals surface area contributed by atoms with Gasteiger partial charge >= 0.3 is 0 Å². The highest BCUT2D eigenvalue weighted by molar-refractivity contribution is 14.1. The van der Waals surface area contributed by atoms with Gasteiger partial charge in [-0.3, -0.25) is 0 Å². The summed E-state index contributed by atoms with van der Waals surface area (Å²) >= 11 is 2.11. The summed E-state index contributed by atoms with van der Waals surface area (Å²) in [5.41, 5.74) is 1.56. The standard InChI is InChI=1S/C12H13IN2O3S/c13-12-6-5-11(18-12)7-15-10-3-1-9(2-4-10)8-19(14,16)17/h1-6,15H,7-8H2,(H2,14,16,17). The van der Waals surface area contributed by atoms with E-state index in [2.05, 4.69) is 27.9 Å². The first-order chi connectivity index (χ1) is 8.92. The average Bonchev–Trinajstić information content (AvgIpc) is 2.72. The molecule has 7 heteroatoms. The Balaban J connectivity index is 1.95. The molecule has 3 N–H and O–H groups in total. The summed E-state index contributed by atoms with van der Waals surface area (Å²) in [4.78, 5) is 0. The highest BCUT2D eigenvalue weighted by Crippen LogP contribution is 2.14. The van der Waals surface area contributed by atoms with E-state index in [0.29, 0.717) is 12.1 Å². The minimum Gasteiger partial charge on any atom is -0.454 e. The van der Waals surface area contributed by atoms with Crippen LogP contribution in [0.15, 0.2) is 40.8 Å². The van der Waals surface area contributed by atoms with Crippen molar-refractivity contribution in [2.24, 2.45) is 5.14 Å². The summed E-state index contributed by atoms with van der Waals surface area (Å²) in [6.07, 6.45) is 0. The largest absolute Gasteiger partial charge is 0.454 e. The molecule has 0 aliphatic carbocycles. The third-order valence-electron chi connectivity index (χ3n) is 2.42. The van der Waals surface area contributed by atoms with Crippen LogP contribution in [-0.2, 0) is 22.3 Å². The van der Waals surface area contributed by atoms with Crippen molar-refractivity contribution < 1.29 is 12.8 Å². The lowest BCUT2D eigenvalue weighted by atomic mass is 10.2. The number of nitrogens with one attached hydrogen (secondary N) is 1. The second-order valence-corrected chi connectivity index (χ2v) is 6.74. The van der Waals surface area contributed by atoms with E-state index in [9.17, 15) is 8.42 Å². The minimum absolute atomic E-state index is 0.149. The molecule has 0 saturated carbocycles. The van der Waals surface area contributed by atoms with Crippen LogP contribution < -0.4 is 10.5 Å². The Morgan fingerprint density at radius 2 is 1.84 bits per heavy atom. The molecule has 0 spiro atoms. The van der Waals surface area contributed by atoms with E-state index in [1.807, 2.05) is 24.3 Å². The molecule has 19 heavy (non-hydrogen) atoms. The van der Waals surface area contributed by atoms with Crippen molar-refractivity contribution in [1.82, 2.24) is 0 Å². The van der Waals surface area contributed by atoms with Gasteiger partial charge in [-0.15, -0.1) is 0 Å². The highest BCUT2D eigenvalue weighted by atomic mass is 127. The van der Waals surface area contributed by atoms with Gasteiger partial charge in [0.1, 0.15) is 5.76 Å². The quantitative estimate of drug-likeness (QED) is 0.765. The average molecular weight is 392 g/mol. The van der Waals surface area contributed by atoms with E-state index >= 15 is 0 Å². The third kappa shape index (κ3) is 4.84.